The Morgan fingerprint density at radius 1 is 0.507 bits per heavy atom. The van der Waals surface area contributed by atoms with Gasteiger partial charge in [-0.1, -0.05) is 163 Å². The van der Waals surface area contributed by atoms with Crippen molar-refractivity contribution in [3.8, 4) is 0 Å². The standard InChI is InChI=1S/C25H35N3O7S.C25H37N3O5S.C19H32N2O3.C15H21NO3.C7H10O4.C6H10O3.CH2Cl2.CH3.Pd/c1-18(2)16-27(36(33,34)21-13-11-20(12-14-21)28(31)32)17-23(29)22(15-19-9-7-6-8-10-19)26-24(30)35-25(3,4)5;1-18(2)16-28(34(31,32)21-13-11-20(26)12-14-21)17-23(29)22(15-19-9-7-6-8-10-19)27-24(30)33-25(3,4)5;1-14(2)12-20-13-17(22)16(11-15-9-7-6-8-10-15)21-18(23)24-19(3,4)5;1-15(2,3)19-14(17)16-12(13-10-18-13)9-11-7-5-4-6-8-11;1-9-7-4-2-6(8)11-5(4)3-10-7;7-5-3-9-6-4(5)1-2-8-6;2-1-3;;/h6-14,18,22-23,29H,15-17H2,1-5H3,(H,26,30);6-14,18,22-23,29H,15-17,26H2,1-5H3,(H,27,30);6-10,14,16-17,20,22H,11-13H2,1-5H3,(H,21,23);4-8,12-13H,9-10H2,1-3H3,(H,16,17);4-5,7H,2-3H2,1H3;4-7H,1-3H2;1H2;1H3;/q;;;;;;;-1;/t2*22-,23?;16-,17?;12-,13+;4-,5-,7-;4-,5-,6+;;;/m000001.../s1. The number of benzene rings is 6. The van der Waals surface area contributed by atoms with Gasteiger partial charge >= 0.3 is 30.3 Å². The topological polar surface area (TPSA) is 466 Å². The number of nitrogens with two attached hydrogens (primary N) is 1. The molecule has 0 spiro atoms. The van der Waals surface area contributed by atoms with E-state index in [1.165, 1.54) is 46.3 Å². The van der Waals surface area contributed by atoms with Gasteiger partial charge in [-0.2, -0.15) is 8.61 Å². The zero-order valence-corrected chi connectivity index (χ0v) is 87.9. The number of esters is 1. The Balaban J connectivity index is 0.000000443. The number of ether oxygens (including phenoxy) is 10. The molecule has 0 aliphatic carbocycles. The molecule has 6 aromatic rings. The number of methoxy groups -OCH3 is 1. The molecule has 138 heavy (non-hydrogen) atoms. The molecule has 14 atom stereocenters. The Bertz CT molecular complexity index is 4760. The number of anilines is 1. The number of nitrogen functional groups attached to an aromatic ring is 1. The van der Waals surface area contributed by atoms with Crippen LogP contribution in [0.15, 0.2) is 180 Å². The van der Waals surface area contributed by atoms with Gasteiger partial charge in [-0.05, 0) is 198 Å². The summed E-state index contributed by atoms with van der Waals surface area (Å²) in [5, 5.41) is 67.5. The Kier molecular flexibility index (Phi) is 54.1. The van der Waals surface area contributed by atoms with Crippen molar-refractivity contribution < 1.29 is 134 Å². The van der Waals surface area contributed by atoms with Crippen LogP contribution in [0.25, 0.3) is 0 Å². The summed E-state index contributed by atoms with van der Waals surface area (Å²) in [6.07, 6.45) is -2.80. The summed E-state index contributed by atoms with van der Waals surface area (Å²) in [6.45, 7) is 36.5. The van der Waals surface area contributed by atoms with E-state index in [4.69, 9.17) is 76.3 Å². The molecule has 3 unspecified atom stereocenters. The Morgan fingerprint density at radius 3 is 1.21 bits per heavy atom. The number of hydrogen-bond acceptors (Lipinski definition) is 27. The first-order chi connectivity index (χ1) is 63.7. The largest absolute Gasteiger partial charge is 0.459 e. The summed E-state index contributed by atoms with van der Waals surface area (Å²) in [7, 11) is -6.41. The second-order valence-corrected chi connectivity index (χ2v) is 43.4. The molecule has 0 aromatic heterocycles. The van der Waals surface area contributed by atoms with Gasteiger partial charge in [-0.3, -0.25) is 14.9 Å². The van der Waals surface area contributed by atoms with E-state index < -0.39 is 102 Å². The van der Waals surface area contributed by atoms with Crippen LogP contribution in [0.3, 0.4) is 0 Å². The van der Waals surface area contributed by atoms with E-state index >= 15 is 0 Å². The van der Waals surface area contributed by atoms with Gasteiger partial charge < -0.3 is 108 Å². The Labute approximate surface area is 840 Å². The zero-order valence-electron chi connectivity index (χ0n) is 83.2. The molecule has 34 nitrogen and oxygen atoms in total. The number of amides is 4. The number of nitrogens with one attached hydrogen (secondary N) is 5. The molecular formula is C99H150Cl2N9O25PdS2-. The van der Waals surface area contributed by atoms with Crippen LogP contribution >= 0.6 is 23.2 Å². The molecule has 5 aliphatic rings. The number of aliphatic hydroxyl groups is 4. The maximum atomic E-state index is 13.4. The van der Waals surface area contributed by atoms with Gasteiger partial charge in [0.2, 0.25) is 20.0 Å². The second kappa shape index (κ2) is 60.2. The normalized spacial score (nSPS) is 19.0. The number of fused-ring (bicyclic) bond motifs is 2. The maximum absolute atomic E-state index is 13.4. The van der Waals surface area contributed by atoms with Gasteiger partial charge in [-0.25, -0.2) is 36.0 Å². The number of carbonyl (C=O) groups is 5. The predicted molar refractivity (Wildman–Crippen MR) is 527 cm³/mol. The van der Waals surface area contributed by atoms with E-state index in [1.807, 2.05) is 191 Å². The number of rotatable bonds is 34. The number of carbonyl (C=O) groups excluding carboxylic acids is 5. The molecule has 39 heteroatoms. The smallest absolute Gasteiger partial charge is 0.407 e. The van der Waals surface area contributed by atoms with Gasteiger partial charge in [0.1, 0.15) is 34.6 Å². The molecule has 0 saturated carbocycles. The average molecular weight is 2110 g/mol. The molecule has 5 heterocycles. The monoisotopic (exact) mass is 2100 g/mol. The number of nitrogens with zero attached hydrogens (tertiary/aromatic N) is 3. The van der Waals surface area contributed by atoms with Crippen molar-refractivity contribution in [2.75, 3.05) is 83.9 Å². The number of aliphatic hydroxyl groups excluding tert-OH is 4. The van der Waals surface area contributed by atoms with Crippen LogP contribution in [0.4, 0.5) is 30.6 Å². The van der Waals surface area contributed by atoms with Crippen LogP contribution in [0, 0.1) is 47.1 Å². The fourth-order valence-corrected chi connectivity index (χ4v) is 17.4. The molecule has 11 N–H and O–H groups in total. The molecule has 6 aromatic carbocycles. The third kappa shape index (κ3) is 48.0. The minimum absolute atomic E-state index is 0. The molecule has 5 saturated heterocycles. The summed E-state index contributed by atoms with van der Waals surface area (Å²) >= 11 is 9.53. The number of alkyl carbamates (subject to hydrolysis) is 4. The van der Waals surface area contributed by atoms with Crippen molar-refractivity contribution in [1.82, 2.24) is 35.2 Å². The average Bonchev–Trinajstić information content (AvgIpc) is 1.39. The van der Waals surface area contributed by atoms with E-state index in [-0.39, 0.29) is 154 Å². The summed E-state index contributed by atoms with van der Waals surface area (Å²) in [4.78, 5) is 70.0. The molecule has 11 rings (SSSR count). The fraction of sp³-hybridized carbons (Fsp3) is 0.576. The van der Waals surface area contributed by atoms with Gasteiger partial charge in [-0.15, -0.1) is 23.2 Å². The minimum atomic E-state index is -4.09. The number of halogens is 2. The number of nitro groups is 1. The van der Waals surface area contributed by atoms with Crippen LogP contribution in [-0.4, -0.2) is 255 Å². The van der Waals surface area contributed by atoms with Gasteiger partial charge in [0.25, 0.3) is 5.69 Å². The van der Waals surface area contributed by atoms with Crippen molar-refractivity contribution in [3.05, 3.63) is 210 Å². The first-order valence-electron chi connectivity index (χ1n) is 45.7. The van der Waals surface area contributed by atoms with Gasteiger partial charge in [0.15, 0.2) is 12.6 Å². The van der Waals surface area contributed by atoms with Crippen molar-refractivity contribution in [3.63, 3.8) is 0 Å². The number of hydrogen-bond donors (Lipinski definition) is 10. The summed E-state index contributed by atoms with van der Waals surface area (Å²) in [5.74, 6) is 0.685. The third-order valence-electron chi connectivity index (χ3n) is 20.4. The number of alkyl halides is 2. The Morgan fingerprint density at radius 2 is 0.870 bits per heavy atom. The van der Waals surface area contributed by atoms with Gasteiger partial charge in [0, 0.05) is 84.0 Å². The van der Waals surface area contributed by atoms with E-state index in [9.17, 15) is 71.3 Å². The fourth-order valence-electron chi connectivity index (χ4n) is 14.1. The van der Waals surface area contributed by atoms with Crippen molar-refractivity contribution in [2.45, 2.75) is 269 Å². The van der Waals surface area contributed by atoms with Crippen LogP contribution < -0.4 is 32.3 Å². The molecule has 5 fully saturated rings. The molecule has 0 bridgehead atoms. The van der Waals surface area contributed by atoms with Crippen molar-refractivity contribution >= 4 is 85.0 Å². The van der Waals surface area contributed by atoms with Gasteiger partial charge in [0.05, 0.1) is 107 Å². The van der Waals surface area contributed by atoms with Crippen LogP contribution in [-0.2, 0) is 118 Å². The third-order valence-corrected chi connectivity index (χ3v) is 24.1. The number of sulfonamides is 2. The first kappa shape index (κ1) is 124. The summed E-state index contributed by atoms with van der Waals surface area (Å²) in [6, 6.07) is 46.9. The van der Waals surface area contributed by atoms with Crippen LogP contribution in [0.1, 0.15) is 160 Å². The molecule has 5 aliphatic heterocycles. The SMILES string of the molecule is CC(C)(C)OC(=O)N[C@@H](Cc1ccccc1)[C@H]1CO1.CC(C)CN(CC(O)[C@H](Cc1ccccc1)NC(=O)OC(C)(C)C)S(=O)(=O)c1ccc(N)cc1.CC(C)CN(CC(O)[C@H](Cc1ccccc1)NC(=O)OC(C)(C)C)S(=O)(=O)c1ccc([N+](=O)[O-])cc1.CC(C)CNCC(O)[C@H](Cc1ccccc1)NC(=O)OC(C)(C)C.CO[C@H]1OC[C@@H]2OC(=O)C[C@H]12.ClCCl.O[C@@H]1CO[C@@H]2OCC[C@@H]21.[CH3-].[Pd]. The molecular weight excluding hydrogens is 1960 g/mol. The van der Waals surface area contributed by atoms with E-state index in [0.29, 0.717) is 57.2 Å². The number of nitro benzene ring substituents is 1. The van der Waals surface area contributed by atoms with Crippen LogP contribution in [0.5, 0.6) is 0 Å². The molecule has 778 valence electrons. The predicted octanol–water partition coefficient (Wildman–Crippen LogP) is 13.9. The summed E-state index contributed by atoms with van der Waals surface area (Å²) in [5.41, 5.74) is 7.39. The molecule has 4 amide bonds. The number of non-ortho nitro benzene ring substituents is 1. The van der Waals surface area contributed by atoms with Crippen molar-refractivity contribution in [2.24, 2.45) is 29.6 Å². The molecule has 0 radical (unpaired) electrons. The van der Waals surface area contributed by atoms with E-state index in [0.717, 1.165) is 59.1 Å². The zero-order chi connectivity index (χ0) is 101. The second-order valence-electron chi connectivity index (χ2n) is 38.7. The minimum Gasteiger partial charge on any atom is -0.459 e. The first-order valence-corrected chi connectivity index (χ1v) is 49.6. The van der Waals surface area contributed by atoms with Crippen molar-refractivity contribution in [1.29, 1.82) is 0 Å². The van der Waals surface area contributed by atoms with Crippen LogP contribution in [0.2, 0.25) is 0 Å². The number of epoxide rings is 1. The maximum Gasteiger partial charge on any atom is 0.407 e. The quantitative estimate of drug-likeness (QED) is 0.00206. The Hall–Kier alpha value is -8.27. The summed E-state index contributed by atoms with van der Waals surface area (Å²) < 4.78 is 108. The van der Waals surface area contributed by atoms with E-state index in [1.54, 1.807) is 48.7 Å². The van der Waals surface area contributed by atoms with E-state index in [2.05, 4.69) is 40.4 Å².